The summed E-state index contributed by atoms with van der Waals surface area (Å²) >= 11 is 0. The summed E-state index contributed by atoms with van der Waals surface area (Å²) in [7, 11) is 0. The number of aromatic nitrogens is 1. The minimum atomic E-state index is -0.941. The third-order valence-electron chi connectivity index (χ3n) is 3.16. The summed E-state index contributed by atoms with van der Waals surface area (Å²) in [5.74, 6) is -0.0981. The number of anilines is 1. The first-order valence-corrected chi connectivity index (χ1v) is 6.26. The molecule has 0 bridgehead atoms. The molecule has 0 spiro atoms. The summed E-state index contributed by atoms with van der Waals surface area (Å²) in [6.45, 7) is 4.59. The molecule has 2 rings (SSSR count). The molecule has 0 aromatic carbocycles. The molecular formula is C13H18N2O3. The fourth-order valence-corrected chi connectivity index (χ4v) is 2.19. The molecule has 98 valence electrons. The highest BCUT2D eigenvalue weighted by molar-refractivity contribution is 5.87. The Hall–Kier alpha value is -1.62. The molecule has 0 amide bonds. The molecule has 1 aliphatic rings. The Morgan fingerprint density at radius 1 is 1.50 bits per heavy atom. The molecule has 0 saturated carbocycles. The number of hydrogen-bond donors (Lipinski definition) is 1. The highest BCUT2D eigenvalue weighted by atomic mass is 16.5. The van der Waals surface area contributed by atoms with Gasteiger partial charge in [-0.15, -0.1) is 0 Å². The van der Waals surface area contributed by atoms with Gasteiger partial charge in [0.25, 0.3) is 0 Å². The normalized spacial score (nSPS) is 16.8. The maximum absolute atomic E-state index is 10.7. The van der Waals surface area contributed by atoms with Crippen molar-refractivity contribution in [2.45, 2.75) is 25.9 Å². The smallest absolute Gasteiger partial charge is 0.337 e. The Kier molecular flexibility index (Phi) is 4.15. The topological polar surface area (TPSA) is 62.7 Å². The Balaban J connectivity index is 1.95. The number of piperidine rings is 1. The van der Waals surface area contributed by atoms with Crippen molar-refractivity contribution in [3.05, 3.63) is 23.9 Å². The van der Waals surface area contributed by atoms with Crippen molar-refractivity contribution >= 4 is 11.8 Å². The van der Waals surface area contributed by atoms with Gasteiger partial charge in [-0.05, 0) is 31.9 Å². The van der Waals surface area contributed by atoms with Gasteiger partial charge in [-0.2, -0.15) is 0 Å². The molecule has 2 heterocycles. The average molecular weight is 250 g/mol. The first kappa shape index (κ1) is 12.8. The maximum atomic E-state index is 10.7. The van der Waals surface area contributed by atoms with Crippen molar-refractivity contribution in [2.24, 2.45) is 0 Å². The van der Waals surface area contributed by atoms with E-state index in [1.807, 2.05) is 6.92 Å². The Bertz CT molecular complexity index is 397. The molecule has 1 aromatic heterocycles. The number of nitrogens with zero attached hydrogens (tertiary/aromatic N) is 2. The molecule has 18 heavy (non-hydrogen) atoms. The van der Waals surface area contributed by atoms with Crippen LogP contribution in [0.4, 0.5) is 5.82 Å². The largest absolute Gasteiger partial charge is 0.478 e. The Labute approximate surface area is 106 Å². The summed E-state index contributed by atoms with van der Waals surface area (Å²) < 4.78 is 5.59. The van der Waals surface area contributed by atoms with Crippen LogP contribution in [0, 0.1) is 0 Å². The summed E-state index contributed by atoms with van der Waals surface area (Å²) in [5.41, 5.74) is 0.225. The van der Waals surface area contributed by atoms with Crippen LogP contribution in [0.5, 0.6) is 0 Å². The van der Waals surface area contributed by atoms with E-state index in [1.54, 1.807) is 12.1 Å². The predicted octanol–water partition coefficient (Wildman–Crippen LogP) is 1.79. The fourth-order valence-electron chi connectivity index (χ4n) is 2.19. The first-order chi connectivity index (χ1) is 8.70. The van der Waals surface area contributed by atoms with E-state index < -0.39 is 5.97 Å². The second kappa shape index (κ2) is 5.82. The van der Waals surface area contributed by atoms with E-state index in [9.17, 15) is 4.79 Å². The zero-order chi connectivity index (χ0) is 13.0. The van der Waals surface area contributed by atoms with Gasteiger partial charge in [0.05, 0.1) is 11.7 Å². The van der Waals surface area contributed by atoms with Crippen molar-refractivity contribution < 1.29 is 14.6 Å². The second-order valence-electron chi connectivity index (χ2n) is 4.35. The molecule has 1 aromatic rings. The predicted molar refractivity (Wildman–Crippen MR) is 68.1 cm³/mol. The van der Waals surface area contributed by atoms with Crippen molar-refractivity contribution in [3.8, 4) is 0 Å². The fraction of sp³-hybridized carbons (Fsp3) is 0.538. The summed E-state index contributed by atoms with van der Waals surface area (Å²) in [6.07, 6.45) is 3.75. The summed E-state index contributed by atoms with van der Waals surface area (Å²) in [6, 6.07) is 3.36. The van der Waals surface area contributed by atoms with Gasteiger partial charge in [-0.3, -0.25) is 0 Å². The van der Waals surface area contributed by atoms with E-state index in [4.69, 9.17) is 9.84 Å². The Morgan fingerprint density at radius 3 is 2.72 bits per heavy atom. The molecule has 0 aliphatic carbocycles. The van der Waals surface area contributed by atoms with E-state index in [2.05, 4.69) is 9.88 Å². The third kappa shape index (κ3) is 2.98. The molecule has 1 fully saturated rings. The van der Waals surface area contributed by atoms with Gasteiger partial charge in [0, 0.05) is 25.9 Å². The van der Waals surface area contributed by atoms with Crippen LogP contribution in [0.25, 0.3) is 0 Å². The minimum absolute atomic E-state index is 0.225. The number of aromatic carboxylic acids is 1. The van der Waals surface area contributed by atoms with Gasteiger partial charge in [0.1, 0.15) is 5.82 Å². The highest BCUT2D eigenvalue weighted by Gasteiger charge is 2.20. The van der Waals surface area contributed by atoms with E-state index in [0.29, 0.717) is 6.10 Å². The highest BCUT2D eigenvalue weighted by Crippen LogP contribution is 2.19. The average Bonchev–Trinajstić information content (AvgIpc) is 2.40. The standard InChI is InChI=1S/C13H18N2O3/c1-2-18-11-5-7-15(8-6-11)12-4-3-10(9-14-12)13(16)17/h3-4,9,11H,2,5-8H2,1H3,(H,16,17). The molecule has 0 atom stereocenters. The van der Waals surface area contributed by atoms with Crippen LogP contribution in [0.2, 0.25) is 0 Å². The van der Waals surface area contributed by atoms with Gasteiger partial charge < -0.3 is 14.7 Å². The number of rotatable bonds is 4. The van der Waals surface area contributed by atoms with E-state index in [0.717, 1.165) is 38.4 Å². The lowest BCUT2D eigenvalue weighted by molar-refractivity contribution is 0.0458. The molecule has 5 heteroatoms. The van der Waals surface area contributed by atoms with Gasteiger partial charge in [0.15, 0.2) is 0 Å². The number of ether oxygens (including phenoxy) is 1. The van der Waals surface area contributed by atoms with Crippen LogP contribution in [0.1, 0.15) is 30.1 Å². The maximum Gasteiger partial charge on any atom is 0.337 e. The van der Waals surface area contributed by atoms with Crippen LogP contribution >= 0.6 is 0 Å². The van der Waals surface area contributed by atoms with Crippen LogP contribution in [-0.4, -0.2) is 41.9 Å². The zero-order valence-electron chi connectivity index (χ0n) is 10.5. The molecule has 1 saturated heterocycles. The monoisotopic (exact) mass is 250 g/mol. The molecule has 1 aliphatic heterocycles. The van der Waals surface area contributed by atoms with E-state index >= 15 is 0 Å². The number of carboxylic acids is 1. The number of carbonyl (C=O) groups is 1. The Morgan fingerprint density at radius 2 is 2.22 bits per heavy atom. The van der Waals surface area contributed by atoms with E-state index in [-0.39, 0.29) is 5.56 Å². The van der Waals surface area contributed by atoms with E-state index in [1.165, 1.54) is 6.20 Å². The molecule has 0 unspecified atom stereocenters. The second-order valence-corrected chi connectivity index (χ2v) is 4.35. The van der Waals surface area contributed by atoms with Crippen LogP contribution in [0.3, 0.4) is 0 Å². The summed E-state index contributed by atoms with van der Waals surface area (Å²) in [4.78, 5) is 17.1. The van der Waals surface area contributed by atoms with Gasteiger partial charge >= 0.3 is 5.97 Å². The lowest BCUT2D eigenvalue weighted by Crippen LogP contribution is -2.37. The van der Waals surface area contributed by atoms with Crippen LogP contribution in [0.15, 0.2) is 18.3 Å². The van der Waals surface area contributed by atoms with Crippen LogP contribution < -0.4 is 4.90 Å². The molecule has 1 N–H and O–H groups in total. The third-order valence-corrected chi connectivity index (χ3v) is 3.16. The summed E-state index contributed by atoms with van der Waals surface area (Å²) in [5, 5.41) is 8.81. The number of hydrogen-bond acceptors (Lipinski definition) is 4. The number of carboxylic acid groups (broad SMARTS) is 1. The van der Waals surface area contributed by atoms with Crippen LogP contribution in [-0.2, 0) is 4.74 Å². The van der Waals surface area contributed by atoms with Crippen molar-refractivity contribution in [3.63, 3.8) is 0 Å². The van der Waals surface area contributed by atoms with Crippen molar-refractivity contribution in [2.75, 3.05) is 24.6 Å². The lowest BCUT2D eigenvalue weighted by Gasteiger charge is -2.32. The lowest BCUT2D eigenvalue weighted by atomic mass is 10.1. The number of pyridine rings is 1. The van der Waals surface area contributed by atoms with Gasteiger partial charge in [0.2, 0.25) is 0 Å². The molecule has 0 radical (unpaired) electrons. The van der Waals surface area contributed by atoms with Gasteiger partial charge in [-0.25, -0.2) is 9.78 Å². The van der Waals surface area contributed by atoms with Crippen molar-refractivity contribution in [1.29, 1.82) is 0 Å². The first-order valence-electron chi connectivity index (χ1n) is 6.26. The molecular weight excluding hydrogens is 232 g/mol. The zero-order valence-corrected chi connectivity index (χ0v) is 10.5. The van der Waals surface area contributed by atoms with Gasteiger partial charge in [-0.1, -0.05) is 0 Å². The quantitative estimate of drug-likeness (QED) is 0.882. The molecule has 5 nitrogen and oxygen atoms in total. The SMILES string of the molecule is CCOC1CCN(c2ccc(C(=O)O)cn2)CC1. The minimum Gasteiger partial charge on any atom is -0.478 e. The van der Waals surface area contributed by atoms with Crippen molar-refractivity contribution in [1.82, 2.24) is 4.98 Å².